The molecule has 0 aliphatic heterocycles. The largest absolute Gasteiger partial charge is 0.380 e. The van der Waals surface area contributed by atoms with Gasteiger partial charge >= 0.3 is 0 Å². The Morgan fingerprint density at radius 2 is 1.73 bits per heavy atom. The van der Waals surface area contributed by atoms with Crippen LogP contribution in [0.25, 0.3) is 0 Å². The van der Waals surface area contributed by atoms with Crippen LogP contribution in [0.3, 0.4) is 0 Å². The Labute approximate surface area is 95.0 Å². The normalized spacial score (nSPS) is 12.4. The first-order valence-electron chi connectivity index (χ1n) is 6.20. The molecule has 0 spiro atoms. The first-order valence-corrected chi connectivity index (χ1v) is 6.20. The second-order valence-electron chi connectivity index (χ2n) is 4.14. The molecular formula is C12H28N2O. The van der Waals surface area contributed by atoms with Crippen LogP contribution in [0.5, 0.6) is 0 Å². The highest BCUT2D eigenvalue weighted by Gasteiger charge is 2.22. The predicted octanol–water partition coefficient (Wildman–Crippen LogP) is 1.86. The molecular weight excluding hydrogens is 188 g/mol. The fraction of sp³-hybridized carbons (Fsp3) is 1.00. The van der Waals surface area contributed by atoms with E-state index in [-0.39, 0.29) is 5.54 Å². The summed E-state index contributed by atoms with van der Waals surface area (Å²) in [4.78, 5) is 2.38. The van der Waals surface area contributed by atoms with Gasteiger partial charge in [-0.3, -0.25) is 4.90 Å². The zero-order valence-electron chi connectivity index (χ0n) is 10.9. The highest BCUT2D eigenvalue weighted by atomic mass is 16.5. The van der Waals surface area contributed by atoms with E-state index in [2.05, 4.69) is 25.7 Å². The highest BCUT2D eigenvalue weighted by Crippen LogP contribution is 2.12. The van der Waals surface area contributed by atoms with Gasteiger partial charge in [-0.25, -0.2) is 0 Å². The van der Waals surface area contributed by atoms with Gasteiger partial charge in [0.25, 0.3) is 0 Å². The third-order valence-electron chi connectivity index (χ3n) is 3.15. The van der Waals surface area contributed by atoms with E-state index >= 15 is 0 Å². The Morgan fingerprint density at radius 1 is 1.13 bits per heavy atom. The lowest BCUT2D eigenvalue weighted by Crippen LogP contribution is -2.50. The van der Waals surface area contributed by atoms with Crippen molar-refractivity contribution in [3.05, 3.63) is 0 Å². The molecule has 0 aliphatic rings. The number of nitrogens with two attached hydrogens (primary N) is 1. The van der Waals surface area contributed by atoms with E-state index in [9.17, 15) is 0 Å². The van der Waals surface area contributed by atoms with Crippen LogP contribution in [-0.2, 0) is 4.74 Å². The third kappa shape index (κ3) is 6.13. The van der Waals surface area contributed by atoms with Crippen LogP contribution in [-0.4, -0.2) is 43.3 Å². The van der Waals surface area contributed by atoms with Crippen molar-refractivity contribution in [2.45, 2.75) is 46.1 Å². The minimum atomic E-state index is -0.0256. The molecule has 0 atom stereocenters. The van der Waals surface area contributed by atoms with E-state index in [1.54, 1.807) is 0 Å². The van der Waals surface area contributed by atoms with Gasteiger partial charge in [0.2, 0.25) is 0 Å². The summed E-state index contributed by atoms with van der Waals surface area (Å²) in [7, 11) is 0. The van der Waals surface area contributed by atoms with E-state index in [1.807, 2.05) is 6.92 Å². The van der Waals surface area contributed by atoms with Crippen molar-refractivity contribution in [1.82, 2.24) is 4.90 Å². The van der Waals surface area contributed by atoms with Crippen LogP contribution in [0.15, 0.2) is 0 Å². The number of nitrogens with zero attached hydrogens (tertiary/aromatic N) is 1. The lowest BCUT2D eigenvalue weighted by molar-refractivity contribution is 0.103. The Balaban J connectivity index is 3.95. The maximum absolute atomic E-state index is 6.29. The van der Waals surface area contributed by atoms with Gasteiger partial charge in [0, 0.05) is 25.2 Å². The van der Waals surface area contributed by atoms with E-state index in [0.717, 1.165) is 45.7 Å². The second-order valence-corrected chi connectivity index (χ2v) is 4.14. The van der Waals surface area contributed by atoms with Gasteiger partial charge in [0.1, 0.15) is 0 Å². The molecule has 0 bridgehead atoms. The maximum Gasteiger partial charge on any atom is 0.0593 e. The fourth-order valence-corrected chi connectivity index (χ4v) is 1.61. The molecule has 3 heteroatoms. The molecule has 3 nitrogen and oxygen atoms in total. The molecule has 0 unspecified atom stereocenters. The maximum atomic E-state index is 6.29. The molecule has 0 aromatic rings. The highest BCUT2D eigenvalue weighted by molar-refractivity contribution is 4.84. The summed E-state index contributed by atoms with van der Waals surface area (Å²) in [6.45, 7) is 13.2. The SMILES string of the molecule is CCOCCN(CC)CC(N)(CC)CC. The topological polar surface area (TPSA) is 38.5 Å². The van der Waals surface area contributed by atoms with Crippen molar-refractivity contribution < 1.29 is 4.74 Å². The Hall–Kier alpha value is -0.120. The average Bonchev–Trinajstić information content (AvgIpc) is 2.27. The molecule has 2 N–H and O–H groups in total. The average molecular weight is 216 g/mol. The van der Waals surface area contributed by atoms with Crippen molar-refractivity contribution in [3.63, 3.8) is 0 Å². The lowest BCUT2D eigenvalue weighted by atomic mass is 9.93. The molecule has 0 amide bonds. The van der Waals surface area contributed by atoms with Crippen molar-refractivity contribution in [3.8, 4) is 0 Å². The van der Waals surface area contributed by atoms with Gasteiger partial charge < -0.3 is 10.5 Å². The molecule has 0 aliphatic carbocycles. The van der Waals surface area contributed by atoms with Crippen molar-refractivity contribution >= 4 is 0 Å². The van der Waals surface area contributed by atoms with Gasteiger partial charge in [0.15, 0.2) is 0 Å². The smallest absolute Gasteiger partial charge is 0.0593 e. The second kappa shape index (κ2) is 8.08. The number of likely N-dealkylation sites (N-methyl/N-ethyl adjacent to an activating group) is 1. The van der Waals surface area contributed by atoms with Crippen molar-refractivity contribution in [2.75, 3.05) is 32.8 Å². The van der Waals surface area contributed by atoms with Crippen LogP contribution in [0.2, 0.25) is 0 Å². The van der Waals surface area contributed by atoms with Crippen LogP contribution >= 0.6 is 0 Å². The molecule has 0 rings (SSSR count). The zero-order chi connectivity index (χ0) is 11.7. The summed E-state index contributed by atoms with van der Waals surface area (Å²) in [5.74, 6) is 0. The Morgan fingerprint density at radius 3 is 2.13 bits per heavy atom. The molecule has 0 radical (unpaired) electrons. The summed E-state index contributed by atoms with van der Waals surface area (Å²) in [6.07, 6.45) is 2.07. The van der Waals surface area contributed by atoms with Gasteiger partial charge in [0.05, 0.1) is 6.61 Å². The molecule has 0 saturated heterocycles. The molecule has 0 aromatic heterocycles. The molecule has 15 heavy (non-hydrogen) atoms. The van der Waals surface area contributed by atoms with Gasteiger partial charge in [-0.15, -0.1) is 0 Å². The van der Waals surface area contributed by atoms with Crippen LogP contribution in [0.4, 0.5) is 0 Å². The molecule has 0 aromatic carbocycles. The third-order valence-corrected chi connectivity index (χ3v) is 3.15. The Kier molecular flexibility index (Phi) is 8.02. The quantitative estimate of drug-likeness (QED) is 0.598. The summed E-state index contributed by atoms with van der Waals surface area (Å²) >= 11 is 0. The predicted molar refractivity (Wildman–Crippen MR) is 66.1 cm³/mol. The van der Waals surface area contributed by atoms with Crippen LogP contribution < -0.4 is 5.73 Å². The van der Waals surface area contributed by atoms with Gasteiger partial charge in [-0.2, -0.15) is 0 Å². The monoisotopic (exact) mass is 216 g/mol. The van der Waals surface area contributed by atoms with E-state index in [1.165, 1.54) is 0 Å². The number of rotatable bonds is 9. The number of hydrogen-bond donors (Lipinski definition) is 1. The van der Waals surface area contributed by atoms with E-state index < -0.39 is 0 Å². The minimum absolute atomic E-state index is 0.0256. The molecule has 0 fully saturated rings. The van der Waals surface area contributed by atoms with E-state index in [0.29, 0.717) is 0 Å². The lowest BCUT2D eigenvalue weighted by Gasteiger charge is -2.33. The summed E-state index contributed by atoms with van der Waals surface area (Å²) in [5, 5.41) is 0. The first-order chi connectivity index (χ1) is 7.11. The minimum Gasteiger partial charge on any atom is -0.380 e. The standard InChI is InChI=1S/C12H28N2O/c1-5-12(13,6-2)11-14(7-3)9-10-15-8-4/h5-11,13H2,1-4H3. The Bertz CT molecular complexity index is 147. The molecule has 92 valence electrons. The number of hydrogen-bond acceptors (Lipinski definition) is 3. The fourth-order valence-electron chi connectivity index (χ4n) is 1.61. The van der Waals surface area contributed by atoms with E-state index in [4.69, 9.17) is 10.5 Å². The summed E-state index contributed by atoms with van der Waals surface area (Å²) in [6, 6.07) is 0. The van der Waals surface area contributed by atoms with Gasteiger partial charge in [-0.1, -0.05) is 20.8 Å². The molecule has 0 saturated carbocycles. The van der Waals surface area contributed by atoms with Crippen molar-refractivity contribution in [2.24, 2.45) is 5.73 Å². The first kappa shape index (κ1) is 14.9. The van der Waals surface area contributed by atoms with Crippen LogP contribution in [0.1, 0.15) is 40.5 Å². The zero-order valence-corrected chi connectivity index (χ0v) is 10.9. The summed E-state index contributed by atoms with van der Waals surface area (Å²) < 4.78 is 5.37. The van der Waals surface area contributed by atoms with Crippen molar-refractivity contribution in [1.29, 1.82) is 0 Å². The molecule has 0 heterocycles. The van der Waals surface area contributed by atoms with Crippen LogP contribution in [0, 0.1) is 0 Å². The summed E-state index contributed by atoms with van der Waals surface area (Å²) in [5.41, 5.74) is 6.27. The van der Waals surface area contributed by atoms with Gasteiger partial charge in [-0.05, 0) is 26.3 Å². The number of ether oxygens (including phenoxy) is 1.